The van der Waals surface area contributed by atoms with Crippen molar-refractivity contribution in [2.24, 2.45) is 62.6 Å². The Kier molecular flexibility index (Phi) is 8.89. The molecule has 256 valence electrons. The molecule has 4 saturated carbocycles. The van der Waals surface area contributed by atoms with Crippen LogP contribution in [0.3, 0.4) is 0 Å². The quantitative estimate of drug-likeness (QED) is 0.0994. The first kappa shape index (κ1) is 34.7. The maximum absolute atomic E-state index is 13.9. The van der Waals surface area contributed by atoms with Crippen molar-refractivity contribution in [2.45, 2.75) is 132 Å². The van der Waals surface area contributed by atoms with Crippen molar-refractivity contribution >= 4 is 11.9 Å². The lowest BCUT2D eigenvalue weighted by Crippen LogP contribution is -2.49. The van der Waals surface area contributed by atoms with E-state index >= 15 is 0 Å². The van der Waals surface area contributed by atoms with E-state index in [0.29, 0.717) is 36.0 Å². The number of fused-ring (bicyclic) bond motifs is 7. The number of rotatable bonds is 12. The Hall–Kier alpha value is -1.61. The highest BCUT2D eigenvalue weighted by Crippen LogP contribution is 2.67. The van der Waals surface area contributed by atoms with Gasteiger partial charge in [-0.05, 0) is 125 Å². The number of alkyl halides is 3. The molecular formula is C36H55F3O6. The maximum Gasteiger partial charge on any atom is 0.422 e. The summed E-state index contributed by atoms with van der Waals surface area (Å²) < 4.78 is 50.9. The van der Waals surface area contributed by atoms with Crippen molar-refractivity contribution in [2.75, 3.05) is 6.61 Å². The van der Waals surface area contributed by atoms with E-state index in [-0.39, 0.29) is 35.7 Å². The summed E-state index contributed by atoms with van der Waals surface area (Å²) in [6.07, 6.45) is 5.47. The van der Waals surface area contributed by atoms with Crippen molar-refractivity contribution in [3.05, 3.63) is 12.2 Å². The smallest absolute Gasteiger partial charge is 0.422 e. The summed E-state index contributed by atoms with van der Waals surface area (Å²) in [4.78, 5) is 32.9. The summed E-state index contributed by atoms with van der Waals surface area (Å²) >= 11 is 0. The lowest BCUT2D eigenvalue weighted by Gasteiger charge is -2.47. The molecule has 0 radical (unpaired) electrons. The summed E-state index contributed by atoms with van der Waals surface area (Å²) in [5.74, 6) is 1.05. The van der Waals surface area contributed by atoms with Crippen LogP contribution in [-0.4, -0.2) is 42.2 Å². The standard InChI is InChI=1S/C36H55F3O6/c1-9-33(6,28(45-42)26-16-21-15-25(26)24-12-10-11-23(21)24)19-34(7,30(41)43-20-36(37,38)39)18-31(2,3)29(40)44-27-17-22-13-14-35(27,8)32(22,4)5/h10,12,21-28,42H,9,11,13-20H2,1-8H3. The van der Waals surface area contributed by atoms with Gasteiger partial charge < -0.3 is 9.47 Å². The molecule has 5 rings (SSSR count). The van der Waals surface area contributed by atoms with E-state index in [9.17, 15) is 28.0 Å². The van der Waals surface area contributed by atoms with Crippen molar-refractivity contribution in [1.29, 1.82) is 0 Å². The van der Waals surface area contributed by atoms with Gasteiger partial charge in [-0.15, -0.1) is 0 Å². The Morgan fingerprint density at radius 2 is 1.69 bits per heavy atom. The number of carbonyl (C=O) groups excluding carboxylic acids is 2. The number of ether oxygens (including phenoxy) is 2. The zero-order valence-electron chi connectivity index (χ0n) is 28.5. The largest absolute Gasteiger partial charge is 0.461 e. The van der Waals surface area contributed by atoms with Crippen LogP contribution >= 0.6 is 0 Å². The summed E-state index contributed by atoms with van der Waals surface area (Å²) in [6, 6.07) is 0. The zero-order valence-corrected chi connectivity index (χ0v) is 28.5. The predicted octanol–water partition coefficient (Wildman–Crippen LogP) is 8.79. The molecule has 0 amide bonds. The molecule has 4 bridgehead atoms. The molecule has 0 spiro atoms. The van der Waals surface area contributed by atoms with Gasteiger partial charge in [0.15, 0.2) is 6.61 Å². The molecule has 0 aromatic heterocycles. The van der Waals surface area contributed by atoms with Crippen LogP contribution < -0.4 is 0 Å². The number of hydrogen-bond donors (Lipinski definition) is 1. The third kappa shape index (κ3) is 5.89. The zero-order chi connectivity index (χ0) is 33.4. The number of carbonyl (C=O) groups is 2. The van der Waals surface area contributed by atoms with Gasteiger partial charge in [0, 0.05) is 5.41 Å². The summed E-state index contributed by atoms with van der Waals surface area (Å²) in [5, 5.41) is 10.4. The second-order valence-corrected chi connectivity index (χ2v) is 17.5. The number of esters is 2. The van der Waals surface area contributed by atoms with Gasteiger partial charge in [-0.3, -0.25) is 14.8 Å². The molecule has 0 aliphatic heterocycles. The molecule has 0 aromatic carbocycles. The van der Waals surface area contributed by atoms with Crippen molar-refractivity contribution in [1.82, 2.24) is 0 Å². The topological polar surface area (TPSA) is 82.1 Å². The molecule has 4 fully saturated rings. The lowest BCUT2D eigenvalue weighted by molar-refractivity contribution is -0.323. The third-order valence-electron chi connectivity index (χ3n) is 14.1. The highest BCUT2D eigenvalue weighted by molar-refractivity contribution is 5.80. The van der Waals surface area contributed by atoms with Crippen LogP contribution in [0.15, 0.2) is 12.2 Å². The highest BCUT2D eigenvalue weighted by atomic mass is 19.4. The highest BCUT2D eigenvalue weighted by Gasteiger charge is 2.64. The first-order valence-corrected chi connectivity index (χ1v) is 17.1. The second-order valence-electron chi connectivity index (χ2n) is 17.5. The molecule has 0 aromatic rings. The Bertz CT molecular complexity index is 1180. The van der Waals surface area contributed by atoms with Gasteiger partial charge in [0.25, 0.3) is 0 Å². The third-order valence-corrected chi connectivity index (χ3v) is 14.1. The Morgan fingerprint density at radius 3 is 2.24 bits per heavy atom. The van der Waals surface area contributed by atoms with Gasteiger partial charge >= 0.3 is 18.1 Å². The summed E-state index contributed by atoms with van der Waals surface area (Å²) in [7, 11) is 0. The van der Waals surface area contributed by atoms with Crippen LogP contribution in [0.5, 0.6) is 0 Å². The molecule has 45 heavy (non-hydrogen) atoms. The van der Waals surface area contributed by atoms with E-state index in [2.05, 4.69) is 32.9 Å². The van der Waals surface area contributed by atoms with Crippen LogP contribution in [-0.2, 0) is 24.0 Å². The van der Waals surface area contributed by atoms with E-state index in [0.717, 1.165) is 38.5 Å². The Balaban J connectivity index is 1.38. The van der Waals surface area contributed by atoms with E-state index in [1.54, 1.807) is 20.8 Å². The van der Waals surface area contributed by atoms with Crippen LogP contribution in [0.25, 0.3) is 0 Å². The van der Waals surface area contributed by atoms with Crippen LogP contribution in [0.1, 0.15) is 113 Å². The SMILES string of the molecule is CCC(C)(CC(C)(CC(C)(C)C(=O)OC1CC2CCC1(C)C2(C)C)C(=O)OCC(F)(F)F)C(OO)C1CC2CC1C1C=CCC21. The van der Waals surface area contributed by atoms with Crippen molar-refractivity contribution in [3.8, 4) is 0 Å². The Labute approximate surface area is 267 Å². The van der Waals surface area contributed by atoms with Gasteiger partial charge in [0.1, 0.15) is 12.2 Å². The minimum absolute atomic E-state index is 0.0360. The van der Waals surface area contributed by atoms with Crippen molar-refractivity contribution < 1.29 is 42.4 Å². The lowest BCUT2D eigenvalue weighted by atomic mass is 9.60. The van der Waals surface area contributed by atoms with Gasteiger partial charge in [-0.25, -0.2) is 4.89 Å². The molecule has 11 atom stereocenters. The second kappa shape index (κ2) is 11.5. The average molecular weight is 641 g/mol. The normalized spacial score (nSPS) is 38.1. The van der Waals surface area contributed by atoms with Crippen LogP contribution in [0.4, 0.5) is 13.2 Å². The van der Waals surface area contributed by atoms with Gasteiger partial charge in [-0.2, -0.15) is 13.2 Å². The molecule has 5 aliphatic carbocycles. The van der Waals surface area contributed by atoms with E-state index in [1.807, 2.05) is 13.8 Å². The molecule has 9 heteroatoms. The van der Waals surface area contributed by atoms with Gasteiger partial charge in [0.05, 0.1) is 10.8 Å². The van der Waals surface area contributed by atoms with E-state index in [1.165, 1.54) is 0 Å². The fraction of sp³-hybridized carbons (Fsp3) is 0.889. The average Bonchev–Trinajstić information content (AvgIpc) is 3.72. The van der Waals surface area contributed by atoms with Crippen LogP contribution in [0.2, 0.25) is 0 Å². The maximum atomic E-state index is 13.9. The molecule has 5 aliphatic rings. The monoisotopic (exact) mass is 640 g/mol. The Morgan fingerprint density at radius 1 is 1.00 bits per heavy atom. The van der Waals surface area contributed by atoms with Crippen molar-refractivity contribution in [3.63, 3.8) is 0 Å². The summed E-state index contributed by atoms with van der Waals surface area (Å²) in [6.45, 7) is 13.9. The number of halogens is 3. The minimum Gasteiger partial charge on any atom is -0.461 e. The fourth-order valence-corrected chi connectivity index (χ4v) is 11.2. The number of allylic oxidation sites excluding steroid dienone is 2. The van der Waals surface area contributed by atoms with E-state index in [4.69, 9.17) is 14.4 Å². The van der Waals surface area contributed by atoms with Gasteiger partial charge in [-0.1, -0.05) is 46.8 Å². The molecule has 1 N–H and O–H groups in total. The first-order chi connectivity index (χ1) is 20.7. The van der Waals surface area contributed by atoms with Crippen LogP contribution in [0, 0.1) is 62.6 Å². The number of hydrogen-bond acceptors (Lipinski definition) is 6. The summed E-state index contributed by atoms with van der Waals surface area (Å²) in [5.41, 5.74) is -3.57. The minimum atomic E-state index is -4.69. The van der Waals surface area contributed by atoms with E-state index < -0.39 is 47.1 Å². The van der Waals surface area contributed by atoms with Gasteiger partial charge in [0.2, 0.25) is 0 Å². The molecule has 11 unspecified atom stereocenters. The first-order valence-electron chi connectivity index (χ1n) is 17.1. The molecular weight excluding hydrogens is 585 g/mol. The molecule has 6 nitrogen and oxygen atoms in total. The predicted molar refractivity (Wildman–Crippen MR) is 164 cm³/mol. The fourth-order valence-electron chi connectivity index (χ4n) is 11.2. The molecule has 0 heterocycles. The molecule has 0 saturated heterocycles.